The molecule has 0 aliphatic heterocycles. The lowest BCUT2D eigenvalue weighted by atomic mass is 9.98. The van der Waals surface area contributed by atoms with Crippen LogP contribution < -0.4 is 25.4 Å². The van der Waals surface area contributed by atoms with E-state index in [2.05, 4.69) is 16.0 Å². The number of ether oxygens (including phenoxy) is 4. The van der Waals surface area contributed by atoms with E-state index < -0.39 is 35.9 Å². The van der Waals surface area contributed by atoms with Crippen LogP contribution in [-0.4, -0.2) is 68.1 Å². The van der Waals surface area contributed by atoms with Gasteiger partial charge in [0.25, 0.3) is 0 Å². The molecule has 0 aromatic heterocycles. The van der Waals surface area contributed by atoms with Crippen LogP contribution in [0.5, 0.6) is 11.5 Å². The Kier molecular flexibility index (Phi) is 17.8. The number of esters is 2. The van der Waals surface area contributed by atoms with Crippen molar-refractivity contribution >= 4 is 40.4 Å². The molecule has 3 atom stereocenters. The monoisotopic (exact) mass is 747 g/mol. The van der Waals surface area contributed by atoms with Crippen molar-refractivity contribution in [2.75, 3.05) is 20.3 Å². The predicted octanol–water partition coefficient (Wildman–Crippen LogP) is 5.89. The number of methoxy groups -OCH3 is 1. The van der Waals surface area contributed by atoms with Crippen molar-refractivity contribution < 1.29 is 42.9 Å². The smallest absolute Gasteiger partial charge is 0.328 e. The number of hydrogen-bond acceptors (Lipinski definition) is 9. The van der Waals surface area contributed by atoms with Gasteiger partial charge in [0, 0.05) is 12.8 Å². The molecule has 0 saturated carbocycles. The molecule has 3 aromatic rings. The highest BCUT2D eigenvalue weighted by Gasteiger charge is 2.32. The number of fused-ring (bicyclic) bond motifs is 1. The van der Waals surface area contributed by atoms with Crippen molar-refractivity contribution in [3.63, 3.8) is 0 Å². The minimum atomic E-state index is -0.902. The number of nitrogens with one attached hydrogen (secondary N) is 3. The van der Waals surface area contributed by atoms with Crippen LogP contribution in [0.15, 0.2) is 66.7 Å². The zero-order valence-electron chi connectivity index (χ0n) is 32.6. The molecule has 0 bridgehead atoms. The van der Waals surface area contributed by atoms with Gasteiger partial charge in [-0.2, -0.15) is 0 Å². The molecule has 0 heterocycles. The van der Waals surface area contributed by atoms with Gasteiger partial charge in [0.2, 0.25) is 17.7 Å². The van der Waals surface area contributed by atoms with Gasteiger partial charge in [0.15, 0.2) is 0 Å². The minimum Gasteiger partial charge on any atom is -0.494 e. The Balaban J connectivity index is 1.46. The fourth-order valence-electron chi connectivity index (χ4n) is 5.65. The molecule has 294 valence electrons. The van der Waals surface area contributed by atoms with Gasteiger partial charge in [0.05, 0.1) is 20.3 Å². The third-order valence-electron chi connectivity index (χ3n) is 8.66. The summed E-state index contributed by atoms with van der Waals surface area (Å²) in [6, 6.07) is 18.4. The maximum atomic E-state index is 13.4. The number of benzene rings is 3. The van der Waals surface area contributed by atoms with Crippen LogP contribution in [0.25, 0.3) is 10.8 Å². The zero-order valence-corrected chi connectivity index (χ0v) is 32.6. The largest absolute Gasteiger partial charge is 0.494 e. The molecule has 0 aliphatic carbocycles. The fraction of sp³-hybridized carbons (Fsp3) is 0.500. The molecular weight excluding hydrogens is 690 g/mol. The van der Waals surface area contributed by atoms with Crippen molar-refractivity contribution in [1.29, 1.82) is 0 Å². The summed E-state index contributed by atoms with van der Waals surface area (Å²) in [4.78, 5) is 63.9. The lowest BCUT2D eigenvalue weighted by Crippen LogP contribution is -2.57. The summed E-state index contributed by atoms with van der Waals surface area (Å²) in [7, 11) is 1.26. The van der Waals surface area contributed by atoms with Gasteiger partial charge in [-0.3, -0.25) is 19.2 Å². The molecule has 0 radical (unpaired) electrons. The first kappa shape index (κ1) is 43.3. The molecule has 0 saturated heterocycles. The molecule has 0 unspecified atom stereocenters. The van der Waals surface area contributed by atoms with Gasteiger partial charge in [-0.15, -0.1) is 0 Å². The van der Waals surface area contributed by atoms with E-state index in [0.717, 1.165) is 16.3 Å². The van der Waals surface area contributed by atoms with Gasteiger partial charge in [-0.05, 0) is 77.6 Å². The van der Waals surface area contributed by atoms with Crippen molar-refractivity contribution in [3.8, 4) is 11.5 Å². The Hall–Kier alpha value is -5.13. The first-order valence-corrected chi connectivity index (χ1v) is 18.7. The summed E-state index contributed by atoms with van der Waals surface area (Å²) in [6.45, 7) is 12.0. The molecule has 3 N–H and O–H groups in total. The maximum Gasteiger partial charge on any atom is 0.328 e. The Morgan fingerprint density at radius 2 is 1.24 bits per heavy atom. The second kappa shape index (κ2) is 22.2. The van der Waals surface area contributed by atoms with E-state index >= 15 is 0 Å². The van der Waals surface area contributed by atoms with E-state index in [1.54, 1.807) is 13.8 Å². The van der Waals surface area contributed by atoms with Crippen LogP contribution in [-0.2, 0) is 40.1 Å². The van der Waals surface area contributed by atoms with E-state index in [9.17, 15) is 24.0 Å². The first-order chi connectivity index (χ1) is 25.8. The molecule has 0 fully saturated rings. The van der Waals surface area contributed by atoms with Gasteiger partial charge < -0.3 is 34.9 Å². The van der Waals surface area contributed by atoms with Crippen LogP contribution in [0.3, 0.4) is 0 Å². The number of amides is 3. The van der Waals surface area contributed by atoms with Crippen LogP contribution in [0.1, 0.15) is 79.2 Å². The third kappa shape index (κ3) is 14.7. The Morgan fingerprint density at radius 3 is 1.80 bits per heavy atom. The van der Waals surface area contributed by atoms with E-state index in [-0.39, 0.29) is 55.7 Å². The lowest BCUT2D eigenvalue weighted by Gasteiger charge is -2.28. The molecule has 3 rings (SSSR count). The highest BCUT2D eigenvalue weighted by Crippen LogP contribution is 2.25. The first-order valence-electron chi connectivity index (χ1n) is 18.7. The SMILES string of the molecule is COC(=O)[C@@H](NC(=O)[C@H](CC(C)C)NC(=O)[C@@H](NC(=O)CCCOc1ccc2ccc(OCCCC(=O)OCc3ccccc3)cc2c1)C(C)C)C(C)C. The topological polar surface area (TPSA) is 158 Å². The molecular formula is C42H57N3O9. The fourth-order valence-corrected chi connectivity index (χ4v) is 5.65. The Labute approximate surface area is 319 Å². The molecule has 12 nitrogen and oxygen atoms in total. The van der Waals surface area contributed by atoms with Crippen molar-refractivity contribution in [1.82, 2.24) is 16.0 Å². The summed E-state index contributed by atoms with van der Waals surface area (Å²) in [5.74, 6) is -1.19. The quantitative estimate of drug-likeness (QED) is 0.0843. The van der Waals surface area contributed by atoms with Gasteiger partial charge in [-0.25, -0.2) is 4.79 Å². The minimum absolute atomic E-state index is 0.0707. The number of rotatable bonds is 22. The maximum absolute atomic E-state index is 13.4. The van der Waals surface area contributed by atoms with Crippen LogP contribution in [0.2, 0.25) is 0 Å². The average Bonchev–Trinajstić information content (AvgIpc) is 3.14. The molecule has 3 amide bonds. The summed E-state index contributed by atoms with van der Waals surface area (Å²) in [5.41, 5.74) is 0.945. The van der Waals surface area contributed by atoms with E-state index in [1.807, 2.05) is 94.4 Å². The van der Waals surface area contributed by atoms with Gasteiger partial charge >= 0.3 is 11.9 Å². The van der Waals surface area contributed by atoms with Crippen molar-refractivity contribution in [2.24, 2.45) is 17.8 Å². The number of carbonyl (C=O) groups is 5. The number of carbonyl (C=O) groups excluding carboxylic acids is 5. The lowest BCUT2D eigenvalue weighted by molar-refractivity contribution is -0.147. The highest BCUT2D eigenvalue weighted by atomic mass is 16.5. The summed E-state index contributed by atoms with van der Waals surface area (Å²) in [5, 5.41) is 10.3. The highest BCUT2D eigenvalue weighted by molar-refractivity contribution is 5.93. The predicted molar refractivity (Wildman–Crippen MR) is 207 cm³/mol. The van der Waals surface area contributed by atoms with Crippen LogP contribution >= 0.6 is 0 Å². The average molecular weight is 748 g/mol. The number of hydrogen-bond donors (Lipinski definition) is 3. The molecule has 12 heteroatoms. The zero-order chi connectivity index (χ0) is 39.6. The summed E-state index contributed by atoms with van der Waals surface area (Å²) < 4.78 is 22.0. The summed E-state index contributed by atoms with van der Waals surface area (Å²) >= 11 is 0. The van der Waals surface area contributed by atoms with Crippen LogP contribution in [0, 0.1) is 17.8 Å². The molecule has 0 aliphatic rings. The molecule has 54 heavy (non-hydrogen) atoms. The van der Waals surface area contributed by atoms with Gasteiger partial charge in [-0.1, -0.05) is 84.0 Å². The van der Waals surface area contributed by atoms with E-state index in [0.29, 0.717) is 37.4 Å². The normalized spacial score (nSPS) is 12.9. The standard InChI is InChI=1S/C42H57N3O9/c1-27(2)23-35(40(48)45-39(29(5)6)42(50)51-7)43-41(49)38(28(3)4)44-36(46)15-11-21-52-33-19-17-31-18-20-34(25-32(31)24-33)53-22-12-16-37(47)54-26-30-13-9-8-10-14-30/h8-10,13-14,17-20,24-25,27-29,35,38-39H,11-12,15-16,21-23,26H2,1-7H3,(H,43,49)(H,44,46)(H,45,48)/t35-,38-,39-/m0/s1. The van der Waals surface area contributed by atoms with E-state index in [4.69, 9.17) is 18.9 Å². The van der Waals surface area contributed by atoms with Crippen molar-refractivity contribution in [3.05, 3.63) is 72.3 Å². The van der Waals surface area contributed by atoms with E-state index in [1.165, 1.54) is 7.11 Å². The van der Waals surface area contributed by atoms with Crippen molar-refractivity contribution in [2.45, 2.75) is 98.4 Å². The third-order valence-corrected chi connectivity index (χ3v) is 8.66. The second-order valence-corrected chi connectivity index (χ2v) is 14.5. The van der Waals surface area contributed by atoms with Crippen LogP contribution in [0.4, 0.5) is 0 Å². The van der Waals surface area contributed by atoms with Gasteiger partial charge in [0.1, 0.15) is 36.2 Å². The Morgan fingerprint density at radius 1 is 0.648 bits per heavy atom. The summed E-state index contributed by atoms with van der Waals surface area (Å²) in [6.07, 6.45) is 1.68. The molecule has 3 aromatic carbocycles. The Bertz CT molecular complexity index is 1680. The second-order valence-electron chi connectivity index (χ2n) is 14.5. The molecule has 0 spiro atoms.